The number of anilines is 1. The molecule has 6 heteroatoms. The molecule has 1 rings (SSSR count). The number of likely N-dealkylation sites (N-methyl/N-ethyl adjacent to an activating group) is 1. The number of carbonyl (C=O) groups is 2. The first-order valence-corrected chi connectivity index (χ1v) is 5.54. The van der Waals surface area contributed by atoms with Gasteiger partial charge in [-0.25, -0.2) is 4.39 Å². The summed E-state index contributed by atoms with van der Waals surface area (Å²) in [4.78, 5) is 22.4. The lowest BCUT2D eigenvalue weighted by atomic mass is 10.2. The van der Waals surface area contributed by atoms with Crippen LogP contribution in [0.25, 0.3) is 0 Å². The molecule has 0 saturated carbocycles. The highest BCUT2D eigenvalue weighted by Crippen LogP contribution is 2.09. The molecule has 3 N–H and O–H groups in total. The summed E-state index contributed by atoms with van der Waals surface area (Å²) in [5.74, 6) is -1.91. The van der Waals surface area contributed by atoms with Crippen LogP contribution < -0.4 is 10.6 Å². The van der Waals surface area contributed by atoms with Gasteiger partial charge < -0.3 is 15.7 Å². The van der Waals surface area contributed by atoms with Crippen molar-refractivity contribution < 1.29 is 19.1 Å². The minimum atomic E-state index is -1.08. The Hall–Kier alpha value is -1.95. The van der Waals surface area contributed by atoms with Crippen molar-refractivity contribution in [2.24, 2.45) is 0 Å². The fourth-order valence-corrected chi connectivity index (χ4v) is 1.42. The number of aliphatic carboxylic acids is 1. The van der Waals surface area contributed by atoms with Crippen LogP contribution in [-0.4, -0.2) is 29.6 Å². The zero-order valence-corrected chi connectivity index (χ0v) is 9.94. The second kappa shape index (κ2) is 6.70. The Kier molecular flexibility index (Phi) is 5.26. The molecule has 0 radical (unpaired) electrons. The van der Waals surface area contributed by atoms with Gasteiger partial charge in [-0.2, -0.15) is 0 Å². The molecule has 0 aliphatic carbocycles. The molecule has 1 aromatic carbocycles. The van der Waals surface area contributed by atoms with Crippen LogP contribution >= 0.6 is 0 Å². The van der Waals surface area contributed by atoms with Gasteiger partial charge in [0.15, 0.2) is 0 Å². The molecule has 5 nitrogen and oxygen atoms in total. The van der Waals surface area contributed by atoms with Crippen LogP contribution in [0, 0.1) is 5.82 Å². The molecule has 1 amide bonds. The Morgan fingerprint density at radius 3 is 2.44 bits per heavy atom. The molecule has 0 aliphatic heterocycles. The molecular formula is C12H15FN2O3. The number of carboxylic acid groups (broad SMARTS) is 1. The third kappa shape index (κ3) is 4.50. The molecule has 0 spiro atoms. The van der Waals surface area contributed by atoms with Crippen molar-refractivity contribution in [2.75, 3.05) is 11.9 Å². The van der Waals surface area contributed by atoms with E-state index < -0.39 is 23.7 Å². The molecule has 0 heterocycles. The lowest BCUT2D eigenvalue weighted by molar-refractivity contribution is -0.141. The third-order valence-electron chi connectivity index (χ3n) is 2.27. The fraction of sp³-hybridized carbons (Fsp3) is 0.333. The lowest BCUT2D eigenvalue weighted by Crippen LogP contribution is -2.39. The molecule has 1 aromatic rings. The number of amides is 1. The van der Waals surface area contributed by atoms with Gasteiger partial charge in [0.1, 0.15) is 11.9 Å². The first kappa shape index (κ1) is 14.1. The van der Waals surface area contributed by atoms with E-state index in [0.29, 0.717) is 12.2 Å². The molecule has 0 saturated heterocycles. The van der Waals surface area contributed by atoms with E-state index in [2.05, 4.69) is 10.6 Å². The monoisotopic (exact) mass is 254 g/mol. The van der Waals surface area contributed by atoms with Crippen LogP contribution in [0.5, 0.6) is 0 Å². The van der Waals surface area contributed by atoms with Gasteiger partial charge >= 0.3 is 5.97 Å². The standard InChI is InChI=1S/C12H15FN2O3/c1-2-14-10(12(17)18)7-11(16)15-9-5-3-8(13)4-6-9/h3-6,10,14H,2,7H2,1H3,(H,15,16)(H,17,18). The average molecular weight is 254 g/mol. The smallest absolute Gasteiger partial charge is 0.321 e. The van der Waals surface area contributed by atoms with Crippen molar-refractivity contribution in [3.05, 3.63) is 30.1 Å². The summed E-state index contributed by atoms with van der Waals surface area (Å²) in [5, 5.41) is 14.1. The predicted octanol–water partition coefficient (Wildman–Crippen LogP) is 1.22. The largest absolute Gasteiger partial charge is 0.480 e. The van der Waals surface area contributed by atoms with Gasteiger partial charge in [0.2, 0.25) is 5.91 Å². The van der Waals surface area contributed by atoms with Gasteiger partial charge in [0.25, 0.3) is 0 Å². The number of hydrogen-bond donors (Lipinski definition) is 3. The molecule has 0 aromatic heterocycles. The first-order valence-electron chi connectivity index (χ1n) is 5.54. The molecule has 98 valence electrons. The van der Waals surface area contributed by atoms with E-state index in [-0.39, 0.29) is 6.42 Å². The molecule has 18 heavy (non-hydrogen) atoms. The maximum Gasteiger partial charge on any atom is 0.321 e. The maximum atomic E-state index is 12.6. The summed E-state index contributed by atoms with van der Waals surface area (Å²) in [6, 6.07) is 4.34. The predicted molar refractivity (Wildman–Crippen MR) is 64.7 cm³/mol. The van der Waals surface area contributed by atoms with Gasteiger partial charge in [0.05, 0.1) is 6.42 Å². The van der Waals surface area contributed by atoms with Crippen LogP contribution in [0.3, 0.4) is 0 Å². The maximum absolute atomic E-state index is 12.6. The van der Waals surface area contributed by atoms with E-state index >= 15 is 0 Å². The van der Waals surface area contributed by atoms with Crippen LogP contribution in [0.15, 0.2) is 24.3 Å². The van der Waals surface area contributed by atoms with E-state index in [4.69, 9.17) is 5.11 Å². The fourth-order valence-electron chi connectivity index (χ4n) is 1.42. The number of nitrogens with one attached hydrogen (secondary N) is 2. The number of hydrogen-bond acceptors (Lipinski definition) is 3. The Balaban J connectivity index is 2.54. The zero-order valence-electron chi connectivity index (χ0n) is 9.94. The summed E-state index contributed by atoms with van der Waals surface area (Å²) in [6.45, 7) is 2.22. The van der Waals surface area contributed by atoms with E-state index in [1.807, 2.05) is 0 Å². The topological polar surface area (TPSA) is 78.4 Å². The number of carboxylic acids is 1. The number of halogens is 1. The highest BCUT2D eigenvalue weighted by atomic mass is 19.1. The van der Waals surface area contributed by atoms with Crippen molar-refractivity contribution in [2.45, 2.75) is 19.4 Å². The molecular weight excluding hydrogens is 239 g/mol. The lowest BCUT2D eigenvalue weighted by Gasteiger charge is -2.12. The van der Waals surface area contributed by atoms with Gasteiger partial charge in [-0.15, -0.1) is 0 Å². The summed E-state index contributed by atoms with van der Waals surface area (Å²) in [5.41, 5.74) is 0.432. The second-order valence-corrected chi connectivity index (χ2v) is 3.71. The van der Waals surface area contributed by atoms with E-state index in [1.54, 1.807) is 6.92 Å². The van der Waals surface area contributed by atoms with Crippen LogP contribution in [0.1, 0.15) is 13.3 Å². The summed E-state index contributed by atoms with van der Waals surface area (Å²) >= 11 is 0. The van der Waals surface area contributed by atoms with E-state index in [1.165, 1.54) is 24.3 Å². The number of carbonyl (C=O) groups excluding carboxylic acids is 1. The first-order chi connectivity index (χ1) is 8.52. The molecule has 1 atom stereocenters. The Morgan fingerprint density at radius 2 is 1.94 bits per heavy atom. The van der Waals surface area contributed by atoms with Crippen molar-refractivity contribution in [3.8, 4) is 0 Å². The van der Waals surface area contributed by atoms with Crippen molar-refractivity contribution in [3.63, 3.8) is 0 Å². The minimum absolute atomic E-state index is 0.180. The third-order valence-corrected chi connectivity index (χ3v) is 2.27. The second-order valence-electron chi connectivity index (χ2n) is 3.71. The summed E-state index contributed by atoms with van der Waals surface area (Å²) in [6.07, 6.45) is -0.180. The molecule has 0 fully saturated rings. The normalized spacial score (nSPS) is 11.9. The van der Waals surface area contributed by atoms with E-state index in [9.17, 15) is 14.0 Å². The van der Waals surface area contributed by atoms with Crippen molar-refractivity contribution >= 4 is 17.6 Å². The highest BCUT2D eigenvalue weighted by Gasteiger charge is 2.19. The SMILES string of the molecule is CCNC(CC(=O)Nc1ccc(F)cc1)C(=O)O. The number of rotatable bonds is 6. The Morgan fingerprint density at radius 1 is 1.33 bits per heavy atom. The summed E-state index contributed by atoms with van der Waals surface area (Å²) in [7, 11) is 0. The zero-order chi connectivity index (χ0) is 13.5. The van der Waals surface area contributed by atoms with Crippen LogP contribution in [-0.2, 0) is 9.59 Å². The van der Waals surface area contributed by atoms with Crippen molar-refractivity contribution in [1.29, 1.82) is 0 Å². The minimum Gasteiger partial charge on any atom is -0.480 e. The van der Waals surface area contributed by atoms with Crippen molar-refractivity contribution in [1.82, 2.24) is 5.32 Å². The van der Waals surface area contributed by atoms with Gasteiger partial charge in [0, 0.05) is 5.69 Å². The molecule has 1 unspecified atom stereocenters. The number of benzene rings is 1. The van der Waals surface area contributed by atoms with Crippen LogP contribution in [0.2, 0.25) is 0 Å². The van der Waals surface area contributed by atoms with E-state index in [0.717, 1.165) is 0 Å². The summed E-state index contributed by atoms with van der Waals surface area (Å²) < 4.78 is 12.6. The Bertz CT molecular complexity index is 420. The molecule has 0 bridgehead atoms. The van der Waals surface area contributed by atoms with Gasteiger partial charge in [-0.1, -0.05) is 6.92 Å². The van der Waals surface area contributed by atoms with Crippen LogP contribution in [0.4, 0.5) is 10.1 Å². The molecule has 0 aliphatic rings. The van der Waals surface area contributed by atoms with Gasteiger partial charge in [-0.3, -0.25) is 9.59 Å². The highest BCUT2D eigenvalue weighted by molar-refractivity contribution is 5.93. The Labute approximate surface area is 104 Å². The quantitative estimate of drug-likeness (QED) is 0.713. The van der Waals surface area contributed by atoms with Gasteiger partial charge in [-0.05, 0) is 30.8 Å². The average Bonchev–Trinajstić information content (AvgIpc) is 2.31.